The lowest BCUT2D eigenvalue weighted by atomic mass is 10.2. The smallest absolute Gasteiger partial charge is 0.253 e. The van der Waals surface area contributed by atoms with Gasteiger partial charge in [0.05, 0.1) is 25.1 Å². The van der Waals surface area contributed by atoms with Crippen molar-refractivity contribution in [3.8, 4) is 11.4 Å². The normalized spacial score (nSPS) is 11.9. The number of methoxy groups -OCH3 is 1. The lowest BCUT2D eigenvalue weighted by Crippen LogP contribution is -2.27. The molecule has 4 aromatic rings. The molecule has 0 aliphatic carbocycles. The molecule has 3 aromatic carbocycles. The number of hydrazone groups is 1. The predicted octanol–water partition coefficient (Wildman–Crippen LogP) is 6.19. The van der Waals surface area contributed by atoms with Gasteiger partial charge in [-0.2, -0.15) is 5.10 Å². The van der Waals surface area contributed by atoms with Crippen molar-refractivity contribution in [1.82, 2.24) is 20.2 Å². The third-order valence-electron chi connectivity index (χ3n) is 5.56. The van der Waals surface area contributed by atoms with Crippen molar-refractivity contribution in [3.63, 3.8) is 0 Å². The zero-order valence-electron chi connectivity index (χ0n) is 21.0. The highest BCUT2D eigenvalue weighted by molar-refractivity contribution is 14.1. The number of ether oxygens (including phenoxy) is 1. The van der Waals surface area contributed by atoms with Crippen LogP contribution in [0, 0.1) is 10.5 Å². The van der Waals surface area contributed by atoms with Gasteiger partial charge in [0.25, 0.3) is 5.91 Å². The van der Waals surface area contributed by atoms with Crippen molar-refractivity contribution in [2.45, 2.75) is 30.8 Å². The number of nitrogens with one attached hydrogen (secondary N) is 2. The summed E-state index contributed by atoms with van der Waals surface area (Å²) in [4.78, 5) is 12.8. The molecule has 0 fully saturated rings. The van der Waals surface area contributed by atoms with E-state index in [0.29, 0.717) is 17.5 Å². The number of anilines is 1. The number of benzene rings is 3. The largest absolute Gasteiger partial charge is 0.496 e. The van der Waals surface area contributed by atoms with Gasteiger partial charge in [0, 0.05) is 25.0 Å². The topological polar surface area (TPSA) is 93.4 Å². The van der Waals surface area contributed by atoms with Crippen molar-refractivity contribution in [2.75, 3.05) is 12.4 Å². The molecule has 196 valence electrons. The van der Waals surface area contributed by atoms with Crippen LogP contribution in [0.4, 0.5) is 5.69 Å². The number of aryl methyl sites for hydroxylation is 1. The Morgan fingerprint density at radius 3 is 2.71 bits per heavy atom. The Bertz CT molecular complexity index is 1450. The van der Waals surface area contributed by atoms with Crippen LogP contribution in [0.5, 0.6) is 5.75 Å². The molecule has 0 bridgehead atoms. The maximum Gasteiger partial charge on any atom is 0.253 e. The Morgan fingerprint density at radius 1 is 1.18 bits per heavy atom. The van der Waals surface area contributed by atoms with Gasteiger partial charge < -0.3 is 10.1 Å². The van der Waals surface area contributed by atoms with E-state index in [1.54, 1.807) is 13.3 Å². The van der Waals surface area contributed by atoms with Gasteiger partial charge in [-0.15, -0.1) is 10.2 Å². The molecule has 4 rings (SSSR count). The predicted molar refractivity (Wildman–Crippen MR) is 164 cm³/mol. The second-order valence-electron chi connectivity index (χ2n) is 8.26. The van der Waals surface area contributed by atoms with Crippen LogP contribution < -0.4 is 15.5 Å². The Hall–Kier alpha value is -2.90. The minimum atomic E-state index is -0.470. The van der Waals surface area contributed by atoms with E-state index in [4.69, 9.17) is 4.74 Å². The molecule has 0 aliphatic heterocycles. The Morgan fingerprint density at radius 2 is 1.97 bits per heavy atom. The van der Waals surface area contributed by atoms with E-state index in [2.05, 4.69) is 89.7 Å². The van der Waals surface area contributed by atoms with Crippen molar-refractivity contribution >= 4 is 68.1 Å². The van der Waals surface area contributed by atoms with Gasteiger partial charge in [0.15, 0.2) is 11.0 Å². The van der Waals surface area contributed by atoms with Crippen LogP contribution in [0.3, 0.4) is 0 Å². The number of amides is 1. The number of aromatic nitrogens is 3. The molecule has 0 saturated heterocycles. The molecule has 0 aliphatic rings. The van der Waals surface area contributed by atoms with E-state index in [-0.39, 0.29) is 5.91 Å². The van der Waals surface area contributed by atoms with Crippen molar-refractivity contribution < 1.29 is 9.53 Å². The average molecular weight is 705 g/mol. The molecule has 1 unspecified atom stereocenters. The standard InChI is InChI=1S/C27H26BrIN6O2S/c1-17-13-21(29)10-11-23(17)30-16-25-32-34-27(35(25)22-7-5-4-6-8-22)38-18(2)26(36)33-31-15-19-14-20(28)9-12-24(19)37-3/h4-15,18,30H,16H2,1-3H3,(H,33,36). The van der Waals surface area contributed by atoms with Gasteiger partial charge in [-0.1, -0.05) is 45.9 Å². The number of halogens is 2. The molecular weight excluding hydrogens is 679 g/mol. The maximum atomic E-state index is 12.8. The number of hydrogen-bond donors (Lipinski definition) is 2. The summed E-state index contributed by atoms with van der Waals surface area (Å²) >= 11 is 7.06. The zero-order chi connectivity index (χ0) is 27.1. The summed E-state index contributed by atoms with van der Waals surface area (Å²) in [5.74, 6) is 1.15. The lowest BCUT2D eigenvalue weighted by Gasteiger charge is -2.14. The molecule has 1 aromatic heterocycles. The van der Waals surface area contributed by atoms with E-state index in [1.807, 2.05) is 60.0 Å². The third kappa shape index (κ3) is 7.14. The van der Waals surface area contributed by atoms with Gasteiger partial charge in [0.1, 0.15) is 5.75 Å². The highest BCUT2D eigenvalue weighted by Gasteiger charge is 2.21. The van der Waals surface area contributed by atoms with Crippen molar-refractivity contribution in [3.05, 3.63) is 91.7 Å². The molecule has 0 spiro atoms. The molecule has 11 heteroatoms. The van der Waals surface area contributed by atoms with E-state index >= 15 is 0 Å². The second kappa shape index (κ2) is 13.3. The summed E-state index contributed by atoms with van der Waals surface area (Å²) in [5, 5.41) is 16.6. The Labute approximate surface area is 247 Å². The van der Waals surface area contributed by atoms with Gasteiger partial charge >= 0.3 is 0 Å². The van der Waals surface area contributed by atoms with Crippen LogP contribution in [-0.4, -0.2) is 39.2 Å². The number of para-hydroxylation sites is 1. The fourth-order valence-corrected chi connectivity index (χ4v) is 5.51. The number of carbonyl (C=O) groups excluding carboxylic acids is 1. The number of carbonyl (C=O) groups is 1. The van der Waals surface area contributed by atoms with Crippen LogP contribution >= 0.6 is 50.3 Å². The van der Waals surface area contributed by atoms with Crippen molar-refractivity contribution in [2.24, 2.45) is 5.10 Å². The SMILES string of the molecule is COc1ccc(Br)cc1C=NNC(=O)C(C)Sc1nnc(CNc2ccc(I)cc2C)n1-c1ccccc1. The monoisotopic (exact) mass is 704 g/mol. The zero-order valence-corrected chi connectivity index (χ0v) is 25.5. The van der Waals surface area contributed by atoms with E-state index < -0.39 is 5.25 Å². The molecule has 0 saturated carbocycles. The quantitative estimate of drug-likeness (QED) is 0.0885. The molecule has 0 radical (unpaired) electrons. The maximum absolute atomic E-state index is 12.8. The summed E-state index contributed by atoms with van der Waals surface area (Å²) in [6.45, 7) is 4.36. The minimum Gasteiger partial charge on any atom is -0.496 e. The fourth-order valence-electron chi connectivity index (χ4n) is 3.60. The van der Waals surface area contributed by atoms with E-state index in [9.17, 15) is 4.79 Å². The summed E-state index contributed by atoms with van der Waals surface area (Å²) < 4.78 is 9.39. The Kier molecular flexibility index (Phi) is 9.80. The lowest BCUT2D eigenvalue weighted by molar-refractivity contribution is -0.120. The van der Waals surface area contributed by atoms with Crippen LogP contribution in [0.25, 0.3) is 5.69 Å². The minimum absolute atomic E-state index is 0.253. The van der Waals surface area contributed by atoms with E-state index in [0.717, 1.165) is 32.8 Å². The van der Waals surface area contributed by atoms with Crippen LogP contribution in [0.1, 0.15) is 23.9 Å². The van der Waals surface area contributed by atoms with Gasteiger partial charge in [0.2, 0.25) is 0 Å². The first-order chi connectivity index (χ1) is 18.4. The number of nitrogens with zero attached hydrogens (tertiary/aromatic N) is 4. The first kappa shape index (κ1) is 28.1. The summed E-state index contributed by atoms with van der Waals surface area (Å²) in [6.07, 6.45) is 1.56. The highest BCUT2D eigenvalue weighted by Crippen LogP contribution is 2.27. The van der Waals surface area contributed by atoms with Crippen LogP contribution in [-0.2, 0) is 11.3 Å². The molecule has 1 atom stereocenters. The molecular formula is C27H26BrIN6O2S. The molecule has 1 amide bonds. The highest BCUT2D eigenvalue weighted by atomic mass is 127. The van der Waals surface area contributed by atoms with Crippen molar-refractivity contribution in [1.29, 1.82) is 0 Å². The fraction of sp³-hybridized carbons (Fsp3) is 0.185. The first-order valence-electron chi connectivity index (χ1n) is 11.7. The van der Waals surface area contributed by atoms with Crippen LogP contribution in [0.15, 0.2) is 81.5 Å². The summed E-state index contributed by atoms with van der Waals surface area (Å²) in [5.41, 5.74) is 6.47. The Balaban J connectivity index is 1.49. The molecule has 38 heavy (non-hydrogen) atoms. The summed E-state index contributed by atoms with van der Waals surface area (Å²) in [6, 6.07) is 21.7. The van der Waals surface area contributed by atoms with E-state index in [1.165, 1.54) is 15.3 Å². The number of hydrogen-bond acceptors (Lipinski definition) is 7. The van der Waals surface area contributed by atoms with Gasteiger partial charge in [-0.3, -0.25) is 9.36 Å². The van der Waals surface area contributed by atoms with Gasteiger partial charge in [-0.05, 0) is 90.5 Å². The second-order valence-corrected chi connectivity index (χ2v) is 11.7. The number of thioether (sulfide) groups is 1. The first-order valence-corrected chi connectivity index (χ1v) is 14.4. The third-order valence-corrected chi connectivity index (χ3v) is 7.77. The number of rotatable bonds is 10. The molecule has 2 N–H and O–H groups in total. The molecule has 8 nitrogen and oxygen atoms in total. The van der Waals surface area contributed by atoms with Gasteiger partial charge in [-0.25, -0.2) is 5.43 Å². The van der Waals surface area contributed by atoms with Crippen LogP contribution in [0.2, 0.25) is 0 Å². The summed E-state index contributed by atoms with van der Waals surface area (Å²) in [7, 11) is 1.59. The average Bonchev–Trinajstić information content (AvgIpc) is 3.30. The molecule has 1 heterocycles.